The molecule has 0 N–H and O–H groups in total. The molecular weight excluding hydrogens is 620 g/mol. The maximum Gasteiger partial charge on any atom is 0.374 e. The lowest BCUT2D eigenvalue weighted by molar-refractivity contribution is -0.678. The van der Waals surface area contributed by atoms with Crippen LogP contribution in [0.5, 0.6) is 17.2 Å². The van der Waals surface area contributed by atoms with Gasteiger partial charge in [-0.25, -0.2) is 0 Å². The van der Waals surface area contributed by atoms with Crippen molar-refractivity contribution >= 4 is 34.5 Å². The van der Waals surface area contributed by atoms with Crippen LogP contribution < -0.4 is 23.7 Å². The van der Waals surface area contributed by atoms with E-state index in [0.717, 1.165) is 63.0 Å². The molecule has 2 heterocycles. The largest absolute Gasteiger partial charge is 0.492 e. The van der Waals surface area contributed by atoms with Crippen LogP contribution in [0.2, 0.25) is 5.02 Å². The molecule has 0 unspecified atom stereocenters. The van der Waals surface area contributed by atoms with E-state index in [9.17, 15) is 0 Å². The average Bonchev–Trinajstić information content (AvgIpc) is 3.65. The minimum atomic E-state index is 0.469. The van der Waals surface area contributed by atoms with Gasteiger partial charge in [0.05, 0.1) is 18.3 Å². The first kappa shape index (κ1) is 31.2. The first-order chi connectivity index (χ1) is 23.6. The predicted octanol–water partition coefficient (Wildman–Crippen LogP) is 9.73. The van der Waals surface area contributed by atoms with E-state index in [2.05, 4.69) is 64.9 Å². The number of rotatable bonds is 12. The summed E-state index contributed by atoms with van der Waals surface area (Å²) in [4.78, 5) is 2.11. The third kappa shape index (κ3) is 7.09. The molecule has 48 heavy (non-hydrogen) atoms. The topological polar surface area (TPSA) is 48.0 Å². The summed E-state index contributed by atoms with van der Waals surface area (Å²) in [6.07, 6.45) is 4.92. The standard InChI is InChI=1S/C41H36ClN2O4/c1-2-30(27-41-44(23-25-46-35-16-10-5-11-17-35)37-29-33(42)19-21-39(37)48-41)26-40-43(22-24-45-34-14-8-4-9-15-34)36-28-32(18-20-38(36)47-40)31-12-6-3-7-13-31/h3-21,26-29H,2,22-25H2,1H3/q+1. The molecule has 1 aliphatic heterocycles. The minimum Gasteiger partial charge on any atom is -0.492 e. The van der Waals surface area contributed by atoms with Crippen LogP contribution in [0, 0.1) is 0 Å². The van der Waals surface area contributed by atoms with Gasteiger partial charge in [0.15, 0.2) is 12.3 Å². The van der Waals surface area contributed by atoms with Gasteiger partial charge in [-0.2, -0.15) is 4.57 Å². The van der Waals surface area contributed by atoms with E-state index in [-0.39, 0.29) is 0 Å². The van der Waals surface area contributed by atoms with Crippen molar-refractivity contribution in [3.8, 4) is 28.4 Å². The van der Waals surface area contributed by atoms with Gasteiger partial charge in [-0.05, 0) is 71.7 Å². The van der Waals surface area contributed by atoms with Crippen LogP contribution in [0.1, 0.15) is 19.2 Å². The number of fused-ring (bicyclic) bond motifs is 2. The second kappa shape index (κ2) is 14.5. The minimum absolute atomic E-state index is 0.469. The summed E-state index contributed by atoms with van der Waals surface area (Å²) in [7, 11) is 0. The molecule has 0 bridgehead atoms. The highest BCUT2D eigenvalue weighted by molar-refractivity contribution is 6.31. The SMILES string of the molecule is CCC(=Cc1oc2ccc(-c3ccccc3)cc2[n+]1CCOc1ccccc1)C=C1Oc2ccc(Cl)cc2N1CCOc1ccccc1. The summed E-state index contributed by atoms with van der Waals surface area (Å²) in [5.41, 5.74) is 6.03. The zero-order valence-electron chi connectivity index (χ0n) is 26.7. The number of nitrogens with zero attached hydrogens (tertiary/aromatic N) is 2. The van der Waals surface area contributed by atoms with E-state index in [1.165, 1.54) is 0 Å². The first-order valence-corrected chi connectivity index (χ1v) is 16.6. The Morgan fingerprint density at radius 3 is 2.17 bits per heavy atom. The number of hydrogen-bond donors (Lipinski definition) is 0. The maximum atomic E-state index is 6.52. The molecule has 7 heteroatoms. The van der Waals surface area contributed by atoms with Gasteiger partial charge in [0, 0.05) is 17.2 Å². The Morgan fingerprint density at radius 2 is 1.46 bits per heavy atom. The fourth-order valence-corrected chi connectivity index (χ4v) is 5.93. The number of oxazole rings is 1. The lowest BCUT2D eigenvalue weighted by Gasteiger charge is -2.19. The first-order valence-electron chi connectivity index (χ1n) is 16.2. The number of hydrogen-bond acceptors (Lipinski definition) is 5. The molecule has 0 spiro atoms. The van der Waals surface area contributed by atoms with E-state index in [0.29, 0.717) is 37.2 Å². The Balaban J connectivity index is 1.22. The number of benzene rings is 5. The Hall–Kier alpha value is -5.46. The number of aromatic nitrogens is 1. The Morgan fingerprint density at radius 1 is 0.771 bits per heavy atom. The van der Waals surface area contributed by atoms with Crippen molar-refractivity contribution in [2.75, 3.05) is 24.7 Å². The average molecular weight is 656 g/mol. The van der Waals surface area contributed by atoms with E-state index >= 15 is 0 Å². The lowest BCUT2D eigenvalue weighted by Crippen LogP contribution is -2.38. The Labute approximate surface area is 285 Å². The quantitative estimate of drug-likeness (QED) is 0.123. The molecule has 0 saturated carbocycles. The molecule has 7 rings (SSSR count). The number of halogens is 1. The van der Waals surface area contributed by atoms with Crippen molar-refractivity contribution in [2.45, 2.75) is 19.9 Å². The van der Waals surface area contributed by atoms with E-state index in [1.807, 2.05) is 91.0 Å². The molecule has 0 saturated heterocycles. The highest BCUT2D eigenvalue weighted by Gasteiger charge is 2.28. The fraction of sp³-hybridized carbons (Fsp3) is 0.146. The van der Waals surface area contributed by atoms with Crippen LogP contribution in [0.4, 0.5) is 5.69 Å². The van der Waals surface area contributed by atoms with Gasteiger partial charge in [0.2, 0.25) is 11.5 Å². The fourth-order valence-electron chi connectivity index (χ4n) is 5.77. The molecule has 6 nitrogen and oxygen atoms in total. The van der Waals surface area contributed by atoms with E-state index in [4.69, 9.17) is 30.2 Å². The molecule has 1 aromatic heterocycles. The van der Waals surface area contributed by atoms with Crippen molar-refractivity contribution in [1.29, 1.82) is 0 Å². The van der Waals surface area contributed by atoms with Crippen molar-refractivity contribution in [2.24, 2.45) is 0 Å². The molecule has 0 atom stereocenters. The van der Waals surface area contributed by atoms with Gasteiger partial charge in [0.25, 0.3) is 5.52 Å². The molecule has 0 fully saturated rings. The van der Waals surface area contributed by atoms with Gasteiger partial charge in [-0.3, -0.25) is 0 Å². The highest BCUT2D eigenvalue weighted by Crippen LogP contribution is 2.41. The van der Waals surface area contributed by atoms with E-state index in [1.54, 1.807) is 0 Å². The molecule has 0 radical (unpaired) electrons. The van der Waals surface area contributed by atoms with Crippen LogP contribution in [-0.2, 0) is 6.54 Å². The molecule has 0 amide bonds. The molecule has 0 aliphatic carbocycles. The summed E-state index contributed by atoms with van der Waals surface area (Å²) >= 11 is 6.42. The van der Waals surface area contributed by atoms with Gasteiger partial charge in [-0.15, -0.1) is 0 Å². The summed E-state index contributed by atoms with van der Waals surface area (Å²) in [5, 5.41) is 0.648. The van der Waals surface area contributed by atoms with Gasteiger partial charge in [-0.1, -0.05) is 91.3 Å². The number of ether oxygens (including phenoxy) is 3. The third-order valence-electron chi connectivity index (χ3n) is 8.21. The second-order valence-electron chi connectivity index (χ2n) is 11.4. The van der Waals surface area contributed by atoms with Gasteiger partial charge < -0.3 is 23.5 Å². The zero-order chi connectivity index (χ0) is 32.7. The molecule has 240 valence electrons. The second-order valence-corrected chi connectivity index (χ2v) is 11.8. The van der Waals surface area contributed by atoms with Crippen LogP contribution in [0.25, 0.3) is 28.3 Å². The molecular formula is C41H36ClN2O4+. The van der Waals surface area contributed by atoms with Crippen LogP contribution in [0.15, 0.2) is 149 Å². The summed E-state index contributed by atoms with van der Waals surface area (Å²) in [6, 6.07) is 42.1. The monoisotopic (exact) mass is 655 g/mol. The van der Waals surface area contributed by atoms with Crippen molar-refractivity contribution in [3.05, 3.63) is 156 Å². The predicted molar refractivity (Wildman–Crippen MR) is 191 cm³/mol. The Kier molecular flexibility index (Phi) is 9.43. The van der Waals surface area contributed by atoms with Crippen molar-refractivity contribution in [3.63, 3.8) is 0 Å². The normalized spacial score (nSPS) is 13.5. The summed E-state index contributed by atoms with van der Waals surface area (Å²) < 4.78 is 27.3. The van der Waals surface area contributed by atoms with Crippen LogP contribution in [-0.4, -0.2) is 19.8 Å². The van der Waals surface area contributed by atoms with Crippen molar-refractivity contribution < 1.29 is 23.2 Å². The smallest absolute Gasteiger partial charge is 0.374 e. The van der Waals surface area contributed by atoms with Crippen LogP contribution >= 0.6 is 11.6 Å². The molecule has 6 aromatic rings. The number of allylic oxidation sites excluding steroid dienone is 2. The Bertz CT molecular complexity index is 2060. The highest BCUT2D eigenvalue weighted by atomic mass is 35.5. The third-order valence-corrected chi connectivity index (χ3v) is 8.44. The zero-order valence-corrected chi connectivity index (χ0v) is 27.5. The van der Waals surface area contributed by atoms with Crippen LogP contribution in [0.3, 0.4) is 0 Å². The van der Waals surface area contributed by atoms with E-state index < -0.39 is 0 Å². The van der Waals surface area contributed by atoms with Gasteiger partial charge in [0.1, 0.15) is 24.7 Å². The number of anilines is 1. The number of para-hydroxylation sites is 2. The summed E-state index contributed by atoms with van der Waals surface area (Å²) in [6.45, 7) is 4.26. The van der Waals surface area contributed by atoms with Crippen molar-refractivity contribution in [1.82, 2.24) is 0 Å². The maximum absolute atomic E-state index is 6.52. The summed E-state index contributed by atoms with van der Waals surface area (Å²) in [5.74, 6) is 3.86. The molecule has 5 aromatic carbocycles. The lowest BCUT2D eigenvalue weighted by atomic mass is 10.1. The molecule has 1 aliphatic rings. The van der Waals surface area contributed by atoms with Gasteiger partial charge >= 0.3 is 5.89 Å².